The second-order valence-corrected chi connectivity index (χ2v) is 4.90. The monoisotopic (exact) mass is 277 g/mol. The third kappa shape index (κ3) is 2.58. The number of benzene rings is 1. The Morgan fingerprint density at radius 2 is 2.00 bits per heavy atom. The minimum absolute atomic E-state index is 0.321. The molecule has 0 saturated heterocycles. The number of aliphatic hydroxyl groups is 1. The first-order valence-electron chi connectivity index (χ1n) is 6.91. The fourth-order valence-electron chi connectivity index (χ4n) is 2.16. The average molecular weight is 277 g/mol. The molecule has 1 atom stereocenters. The minimum Gasteiger partial charge on any atom is -0.389 e. The molecule has 0 aliphatic rings. The van der Waals surface area contributed by atoms with Crippen molar-refractivity contribution in [3.63, 3.8) is 0 Å². The van der Waals surface area contributed by atoms with E-state index in [9.17, 15) is 9.50 Å². The van der Waals surface area contributed by atoms with Crippen LogP contribution >= 0.6 is 0 Å². The number of nitrogens with zero attached hydrogens (tertiary/aromatic N) is 3. The van der Waals surface area contributed by atoms with Crippen molar-refractivity contribution >= 4 is 0 Å². The molecule has 20 heavy (non-hydrogen) atoms. The lowest BCUT2D eigenvalue weighted by molar-refractivity contribution is 0.198. The number of hydrogen-bond donors (Lipinski definition) is 1. The van der Waals surface area contributed by atoms with Crippen LogP contribution in [-0.2, 0) is 12.8 Å². The highest BCUT2D eigenvalue weighted by atomic mass is 19.1. The van der Waals surface area contributed by atoms with Gasteiger partial charge in [-0.15, -0.1) is 0 Å². The largest absolute Gasteiger partial charge is 0.389 e. The van der Waals surface area contributed by atoms with Crippen molar-refractivity contribution in [3.8, 4) is 5.69 Å². The minimum atomic E-state index is -0.765. The van der Waals surface area contributed by atoms with Gasteiger partial charge < -0.3 is 5.11 Å². The summed E-state index contributed by atoms with van der Waals surface area (Å²) in [6.45, 7) is 7.31. The number of aromatic nitrogens is 3. The Morgan fingerprint density at radius 3 is 2.55 bits per heavy atom. The summed E-state index contributed by atoms with van der Waals surface area (Å²) in [7, 11) is 0. The molecule has 2 aromatic rings. The number of hydrogen-bond acceptors (Lipinski definition) is 3. The molecule has 1 aromatic carbocycles. The Kier molecular flexibility index (Phi) is 4.18. The summed E-state index contributed by atoms with van der Waals surface area (Å²) in [4.78, 5) is 4.45. The molecule has 0 fully saturated rings. The van der Waals surface area contributed by atoms with Crippen LogP contribution in [0.25, 0.3) is 5.69 Å². The zero-order valence-electron chi connectivity index (χ0n) is 12.3. The first kappa shape index (κ1) is 14.7. The molecule has 1 N–H and O–H groups in total. The molecule has 0 unspecified atom stereocenters. The quantitative estimate of drug-likeness (QED) is 0.935. The summed E-state index contributed by atoms with van der Waals surface area (Å²) < 4.78 is 15.4. The molecule has 2 rings (SSSR count). The normalized spacial score (nSPS) is 12.7. The van der Waals surface area contributed by atoms with Crippen molar-refractivity contribution in [2.24, 2.45) is 0 Å². The fraction of sp³-hybridized carbons (Fsp3) is 0.467. The zero-order valence-corrected chi connectivity index (χ0v) is 12.3. The van der Waals surface area contributed by atoms with Gasteiger partial charge in [-0.3, -0.25) is 0 Å². The topological polar surface area (TPSA) is 50.9 Å². The third-order valence-electron chi connectivity index (χ3n) is 3.34. The molecule has 108 valence electrons. The van der Waals surface area contributed by atoms with Gasteiger partial charge >= 0.3 is 0 Å². The van der Waals surface area contributed by atoms with Crippen LogP contribution in [0.1, 0.15) is 49.7 Å². The van der Waals surface area contributed by atoms with E-state index in [4.69, 9.17) is 0 Å². The summed E-state index contributed by atoms with van der Waals surface area (Å²) >= 11 is 0. The van der Waals surface area contributed by atoms with E-state index in [1.165, 1.54) is 6.07 Å². The van der Waals surface area contributed by atoms with Crippen molar-refractivity contribution in [2.45, 2.75) is 46.6 Å². The van der Waals surface area contributed by atoms with Crippen molar-refractivity contribution < 1.29 is 9.50 Å². The van der Waals surface area contributed by atoms with E-state index >= 15 is 0 Å². The Balaban J connectivity index is 2.67. The molecule has 0 aliphatic heterocycles. The van der Waals surface area contributed by atoms with Crippen LogP contribution in [0, 0.1) is 12.7 Å². The van der Waals surface area contributed by atoms with Crippen LogP contribution in [0.15, 0.2) is 12.1 Å². The van der Waals surface area contributed by atoms with Gasteiger partial charge in [0.15, 0.2) is 5.82 Å². The van der Waals surface area contributed by atoms with Gasteiger partial charge in [-0.2, -0.15) is 5.10 Å². The van der Waals surface area contributed by atoms with Crippen LogP contribution < -0.4 is 0 Å². The molecule has 0 bridgehead atoms. The summed E-state index contributed by atoms with van der Waals surface area (Å²) in [6, 6.07) is 3.09. The highest BCUT2D eigenvalue weighted by molar-refractivity contribution is 5.45. The van der Waals surface area contributed by atoms with Gasteiger partial charge in [0.25, 0.3) is 0 Å². The Morgan fingerprint density at radius 1 is 1.30 bits per heavy atom. The maximum Gasteiger partial charge on any atom is 0.151 e. The van der Waals surface area contributed by atoms with Gasteiger partial charge in [-0.05, 0) is 31.5 Å². The van der Waals surface area contributed by atoms with Crippen LogP contribution in [0.2, 0.25) is 0 Å². The zero-order chi connectivity index (χ0) is 14.9. The molecule has 0 amide bonds. The lowest BCUT2D eigenvalue weighted by atomic mass is 10.0. The molecule has 0 aliphatic carbocycles. The highest BCUT2D eigenvalue weighted by Crippen LogP contribution is 2.25. The van der Waals surface area contributed by atoms with E-state index in [0.29, 0.717) is 16.8 Å². The predicted molar refractivity (Wildman–Crippen MR) is 75.4 cm³/mol. The predicted octanol–water partition coefficient (Wildman–Crippen LogP) is 2.89. The van der Waals surface area contributed by atoms with Crippen LogP contribution in [0.5, 0.6) is 0 Å². The van der Waals surface area contributed by atoms with Crippen LogP contribution in [0.4, 0.5) is 4.39 Å². The summed E-state index contributed by atoms with van der Waals surface area (Å²) in [6.07, 6.45) is 0.700. The first-order valence-corrected chi connectivity index (χ1v) is 6.91. The first-order chi connectivity index (χ1) is 9.47. The molecule has 0 radical (unpaired) electrons. The van der Waals surface area contributed by atoms with E-state index in [1.54, 1.807) is 24.6 Å². The lowest BCUT2D eigenvalue weighted by Crippen LogP contribution is -2.09. The van der Waals surface area contributed by atoms with Gasteiger partial charge in [0.05, 0.1) is 11.8 Å². The second kappa shape index (κ2) is 5.71. The lowest BCUT2D eigenvalue weighted by Gasteiger charge is -2.15. The van der Waals surface area contributed by atoms with Crippen molar-refractivity contribution in [3.05, 3.63) is 40.7 Å². The SMILES string of the molecule is CCc1nc(CC)n(-c2cc(C)c(F)cc2[C@@H](C)O)n1. The molecular formula is C15H20FN3O. The highest BCUT2D eigenvalue weighted by Gasteiger charge is 2.17. The van der Waals surface area contributed by atoms with Crippen LogP contribution in [0.3, 0.4) is 0 Å². The molecule has 1 heterocycles. The number of halogens is 1. The molecule has 5 heteroatoms. The summed E-state index contributed by atoms with van der Waals surface area (Å²) in [5.74, 6) is 1.24. The van der Waals surface area contributed by atoms with Gasteiger partial charge in [0, 0.05) is 18.4 Å². The fourth-order valence-corrected chi connectivity index (χ4v) is 2.16. The van der Waals surface area contributed by atoms with E-state index in [0.717, 1.165) is 24.5 Å². The summed E-state index contributed by atoms with van der Waals surface area (Å²) in [5, 5.41) is 14.3. The van der Waals surface area contributed by atoms with Gasteiger partial charge in [-0.25, -0.2) is 14.1 Å². The summed E-state index contributed by atoms with van der Waals surface area (Å²) in [5.41, 5.74) is 1.75. The van der Waals surface area contributed by atoms with Crippen molar-refractivity contribution in [2.75, 3.05) is 0 Å². The van der Waals surface area contributed by atoms with Gasteiger partial charge in [0.2, 0.25) is 0 Å². The van der Waals surface area contributed by atoms with E-state index in [2.05, 4.69) is 10.1 Å². The average Bonchev–Trinajstić information content (AvgIpc) is 2.84. The number of aliphatic hydroxyl groups excluding tert-OH is 1. The second-order valence-electron chi connectivity index (χ2n) is 4.90. The van der Waals surface area contributed by atoms with Crippen LogP contribution in [-0.4, -0.2) is 19.9 Å². The smallest absolute Gasteiger partial charge is 0.151 e. The molecule has 0 saturated carbocycles. The molecular weight excluding hydrogens is 257 g/mol. The van der Waals surface area contributed by atoms with Crippen molar-refractivity contribution in [1.82, 2.24) is 14.8 Å². The molecule has 0 spiro atoms. The molecule has 4 nitrogen and oxygen atoms in total. The van der Waals surface area contributed by atoms with Crippen molar-refractivity contribution in [1.29, 1.82) is 0 Å². The maximum absolute atomic E-state index is 13.7. The van der Waals surface area contributed by atoms with E-state index < -0.39 is 6.10 Å². The Hall–Kier alpha value is -1.75. The number of aryl methyl sites for hydroxylation is 3. The van der Waals surface area contributed by atoms with E-state index in [-0.39, 0.29) is 5.82 Å². The third-order valence-corrected chi connectivity index (χ3v) is 3.34. The maximum atomic E-state index is 13.7. The van der Waals surface area contributed by atoms with Gasteiger partial charge in [0.1, 0.15) is 11.6 Å². The molecule has 1 aromatic heterocycles. The Bertz CT molecular complexity index is 620. The Labute approximate surface area is 118 Å². The van der Waals surface area contributed by atoms with Gasteiger partial charge in [-0.1, -0.05) is 13.8 Å². The number of rotatable bonds is 4. The van der Waals surface area contributed by atoms with E-state index in [1.807, 2.05) is 13.8 Å². The standard InChI is InChI=1S/C15H20FN3O/c1-5-14-17-15(6-2)19(18-14)13-7-9(3)12(16)8-11(13)10(4)20/h7-8,10,20H,5-6H2,1-4H3/t10-/m1/s1.